The molecule has 0 aromatic heterocycles. The first kappa shape index (κ1) is 14.9. The zero-order chi connectivity index (χ0) is 15.3. The number of rotatable bonds is 2. The number of aryl methyl sites for hydroxylation is 1. The fraction of sp³-hybridized carbons (Fsp3) is 0.667. The molecule has 2 unspecified atom stereocenters. The first-order chi connectivity index (χ1) is 10.5. The lowest BCUT2D eigenvalue weighted by molar-refractivity contribution is -0.152. The Morgan fingerprint density at radius 1 is 1.14 bits per heavy atom. The molecule has 4 rings (SSSR count). The van der Waals surface area contributed by atoms with Gasteiger partial charge >= 0.3 is 0 Å². The number of benzene rings is 1. The van der Waals surface area contributed by atoms with Crippen molar-refractivity contribution in [2.24, 2.45) is 0 Å². The summed E-state index contributed by atoms with van der Waals surface area (Å²) in [5.41, 5.74) is 2.75. The van der Waals surface area contributed by atoms with E-state index in [4.69, 9.17) is 21.1 Å². The molecule has 0 spiro atoms. The predicted molar refractivity (Wildman–Crippen MR) is 87.2 cm³/mol. The van der Waals surface area contributed by atoms with E-state index in [2.05, 4.69) is 17.4 Å². The summed E-state index contributed by atoms with van der Waals surface area (Å²) in [5.74, 6) is -0.405. The van der Waals surface area contributed by atoms with Crippen LogP contribution in [0.5, 0.6) is 0 Å². The van der Waals surface area contributed by atoms with Gasteiger partial charge in [-0.15, -0.1) is 0 Å². The second-order valence-electron chi connectivity index (χ2n) is 7.36. The quantitative estimate of drug-likeness (QED) is 0.904. The van der Waals surface area contributed by atoms with Crippen LogP contribution in [0.1, 0.15) is 44.2 Å². The van der Waals surface area contributed by atoms with Gasteiger partial charge in [0.05, 0.1) is 12.2 Å². The maximum atomic E-state index is 6.37. The van der Waals surface area contributed by atoms with Crippen LogP contribution in [0, 0.1) is 0 Å². The van der Waals surface area contributed by atoms with E-state index in [-0.39, 0.29) is 12.2 Å². The summed E-state index contributed by atoms with van der Waals surface area (Å²) in [6.45, 7) is 4.02. The monoisotopic (exact) mass is 321 g/mol. The van der Waals surface area contributed by atoms with E-state index in [1.54, 1.807) is 0 Å². The van der Waals surface area contributed by atoms with Gasteiger partial charge in [-0.2, -0.15) is 0 Å². The van der Waals surface area contributed by atoms with Gasteiger partial charge in [-0.3, -0.25) is 0 Å². The molecule has 0 amide bonds. The van der Waals surface area contributed by atoms with Gasteiger partial charge in [-0.1, -0.05) is 23.7 Å². The molecule has 120 valence electrons. The number of hydrogen-bond donors (Lipinski definition) is 1. The van der Waals surface area contributed by atoms with E-state index in [0.29, 0.717) is 12.1 Å². The van der Waals surface area contributed by atoms with Gasteiger partial charge in [0.25, 0.3) is 0 Å². The average Bonchev–Trinajstić information content (AvgIpc) is 2.92. The summed E-state index contributed by atoms with van der Waals surface area (Å²) in [5, 5.41) is 4.74. The third-order valence-corrected chi connectivity index (χ3v) is 5.57. The van der Waals surface area contributed by atoms with Crippen molar-refractivity contribution in [1.82, 2.24) is 5.32 Å². The molecule has 3 nitrogen and oxygen atoms in total. The Balaban J connectivity index is 1.37. The standard InChI is InChI=1S/C18H24ClNO2/c1-18(2)21-16-9-13(10-17(16)22-18)20-12-7-6-11-4-3-5-15(19)14(11)8-12/h3-5,12-13,16-17,20H,6-10H2,1-2H3/t12?,13?,16-,17+. The molecule has 22 heavy (non-hydrogen) atoms. The molecule has 0 radical (unpaired) electrons. The molecular weight excluding hydrogens is 298 g/mol. The first-order valence-corrected chi connectivity index (χ1v) is 8.76. The van der Waals surface area contributed by atoms with Crippen LogP contribution in [0.15, 0.2) is 18.2 Å². The molecule has 1 saturated carbocycles. The van der Waals surface area contributed by atoms with Gasteiger partial charge in [-0.05, 0) is 63.1 Å². The molecule has 0 bridgehead atoms. The Morgan fingerprint density at radius 2 is 1.86 bits per heavy atom. The van der Waals surface area contributed by atoms with E-state index in [1.165, 1.54) is 17.5 Å². The number of fused-ring (bicyclic) bond motifs is 2. The van der Waals surface area contributed by atoms with E-state index >= 15 is 0 Å². The van der Waals surface area contributed by atoms with Crippen LogP contribution >= 0.6 is 11.6 Å². The van der Waals surface area contributed by atoms with Crippen molar-refractivity contribution < 1.29 is 9.47 Å². The molecule has 1 heterocycles. The minimum Gasteiger partial charge on any atom is -0.345 e. The highest BCUT2D eigenvalue weighted by molar-refractivity contribution is 6.31. The molecule has 2 fully saturated rings. The third kappa shape index (κ3) is 2.80. The lowest BCUT2D eigenvalue weighted by atomic mass is 9.88. The molecule has 2 aliphatic carbocycles. The summed E-state index contributed by atoms with van der Waals surface area (Å²) in [6, 6.07) is 7.29. The van der Waals surface area contributed by atoms with E-state index in [9.17, 15) is 0 Å². The van der Waals surface area contributed by atoms with Gasteiger partial charge in [-0.25, -0.2) is 0 Å². The molecule has 3 aliphatic rings. The van der Waals surface area contributed by atoms with Crippen LogP contribution in [0.3, 0.4) is 0 Å². The van der Waals surface area contributed by atoms with Crippen LogP contribution in [-0.4, -0.2) is 30.1 Å². The van der Waals surface area contributed by atoms with Crippen molar-refractivity contribution in [2.75, 3.05) is 0 Å². The maximum Gasteiger partial charge on any atom is 0.163 e. The topological polar surface area (TPSA) is 30.5 Å². The Kier molecular flexibility index (Phi) is 3.73. The van der Waals surface area contributed by atoms with Crippen molar-refractivity contribution in [3.05, 3.63) is 34.3 Å². The molecule has 4 heteroatoms. The number of ether oxygens (including phenoxy) is 2. The van der Waals surface area contributed by atoms with Gasteiger partial charge < -0.3 is 14.8 Å². The number of nitrogens with one attached hydrogen (secondary N) is 1. The Hall–Kier alpha value is -0.610. The second-order valence-corrected chi connectivity index (χ2v) is 7.77. The van der Waals surface area contributed by atoms with Crippen molar-refractivity contribution >= 4 is 11.6 Å². The summed E-state index contributed by atoms with van der Waals surface area (Å²) in [7, 11) is 0. The molecule has 1 N–H and O–H groups in total. The fourth-order valence-corrected chi connectivity index (χ4v) is 4.59. The van der Waals surface area contributed by atoms with Crippen LogP contribution in [0.25, 0.3) is 0 Å². The summed E-state index contributed by atoms with van der Waals surface area (Å²) in [4.78, 5) is 0. The largest absolute Gasteiger partial charge is 0.345 e. The lowest BCUT2D eigenvalue weighted by Gasteiger charge is -2.29. The summed E-state index contributed by atoms with van der Waals surface area (Å²) < 4.78 is 12.0. The fourth-order valence-electron chi connectivity index (χ4n) is 4.32. The zero-order valence-corrected chi connectivity index (χ0v) is 14.0. The molecule has 4 atom stereocenters. The van der Waals surface area contributed by atoms with Crippen molar-refractivity contribution in [2.45, 2.75) is 76.0 Å². The van der Waals surface area contributed by atoms with Crippen molar-refractivity contribution in [3.63, 3.8) is 0 Å². The average molecular weight is 322 g/mol. The number of halogens is 1. The smallest absolute Gasteiger partial charge is 0.163 e. The highest BCUT2D eigenvalue weighted by Gasteiger charge is 2.47. The second kappa shape index (κ2) is 5.48. The van der Waals surface area contributed by atoms with Gasteiger partial charge in [0.15, 0.2) is 5.79 Å². The molecule has 1 aliphatic heterocycles. The Labute approximate surface area is 137 Å². The van der Waals surface area contributed by atoms with E-state index in [1.807, 2.05) is 19.9 Å². The molecule has 1 saturated heterocycles. The van der Waals surface area contributed by atoms with Crippen LogP contribution in [-0.2, 0) is 22.3 Å². The van der Waals surface area contributed by atoms with Gasteiger partial charge in [0.1, 0.15) is 0 Å². The highest BCUT2D eigenvalue weighted by Crippen LogP contribution is 2.38. The normalized spacial score (nSPS) is 36.1. The first-order valence-electron chi connectivity index (χ1n) is 8.38. The molecule has 1 aromatic rings. The zero-order valence-electron chi connectivity index (χ0n) is 13.3. The van der Waals surface area contributed by atoms with Gasteiger partial charge in [0.2, 0.25) is 0 Å². The van der Waals surface area contributed by atoms with Crippen molar-refractivity contribution in [3.8, 4) is 0 Å². The highest BCUT2D eigenvalue weighted by atomic mass is 35.5. The van der Waals surface area contributed by atoms with E-state index < -0.39 is 5.79 Å². The Morgan fingerprint density at radius 3 is 2.59 bits per heavy atom. The van der Waals surface area contributed by atoms with Crippen LogP contribution in [0.4, 0.5) is 0 Å². The van der Waals surface area contributed by atoms with Crippen molar-refractivity contribution in [1.29, 1.82) is 0 Å². The van der Waals surface area contributed by atoms with Crippen LogP contribution < -0.4 is 5.32 Å². The minimum atomic E-state index is -0.405. The molecular formula is C18H24ClNO2. The molecule has 1 aromatic carbocycles. The lowest BCUT2D eigenvalue weighted by Crippen LogP contribution is -2.41. The predicted octanol–water partition coefficient (Wildman–Crippen LogP) is 3.47. The van der Waals surface area contributed by atoms with E-state index in [0.717, 1.165) is 30.7 Å². The third-order valence-electron chi connectivity index (χ3n) is 5.22. The minimum absolute atomic E-state index is 0.256. The maximum absolute atomic E-state index is 6.37. The summed E-state index contributed by atoms with van der Waals surface area (Å²) in [6.07, 6.45) is 5.96. The Bertz CT molecular complexity index is 558. The van der Waals surface area contributed by atoms with Gasteiger partial charge in [0, 0.05) is 17.1 Å². The summed E-state index contributed by atoms with van der Waals surface area (Å²) >= 11 is 6.37. The van der Waals surface area contributed by atoms with Crippen LogP contribution in [0.2, 0.25) is 5.02 Å². The SMILES string of the molecule is CC1(C)O[C@H]2CC(NC3CCc4cccc(Cl)c4C3)C[C@H]2O1. The number of hydrogen-bond acceptors (Lipinski definition) is 3.